The van der Waals surface area contributed by atoms with Gasteiger partial charge >= 0.3 is 29.2 Å². The number of hydrogen-bond acceptors (Lipinski definition) is 16. The largest absolute Gasteiger partial charge is 0.490 e. The molecule has 1 amide bonds. The molecule has 1 aliphatic rings. The molecule has 0 bridgehead atoms. The summed E-state index contributed by atoms with van der Waals surface area (Å²) < 4.78 is 53.4. The second kappa shape index (κ2) is 19.0. The van der Waals surface area contributed by atoms with Crippen LogP contribution in [-0.4, -0.2) is 96.1 Å². The number of aliphatic hydroxyl groups excluding tert-OH is 1. The van der Waals surface area contributed by atoms with Crippen molar-refractivity contribution in [2.45, 2.75) is 50.5 Å². The average molecular weight is 858 g/mol. The summed E-state index contributed by atoms with van der Waals surface area (Å²) in [4.78, 5) is 74.2. The molecule has 3 heterocycles. The zero-order valence-corrected chi connectivity index (χ0v) is 33.2. The first-order valence-corrected chi connectivity index (χ1v) is 21.8. The number of phosphoric acid groups is 3. The molecule has 1 aliphatic heterocycles. The number of aromatic amines is 1. The number of fused-ring (bicyclic) bond motifs is 1. The van der Waals surface area contributed by atoms with Crippen LogP contribution in [0.5, 0.6) is 0 Å². The zero-order chi connectivity index (χ0) is 41.4. The number of anilines is 2. The maximum absolute atomic E-state index is 12.6. The van der Waals surface area contributed by atoms with E-state index in [1.807, 2.05) is 43.3 Å². The Morgan fingerprint density at radius 2 is 1.58 bits per heavy atom. The molecule has 0 saturated carbocycles. The number of carbonyl (C=O) groups is 1. The molecular formula is C31H42N9O14P3. The minimum atomic E-state index is -5.73. The van der Waals surface area contributed by atoms with Crippen LogP contribution in [0, 0.1) is 0 Å². The van der Waals surface area contributed by atoms with Gasteiger partial charge in [0.1, 0.15) is 23.7 Å². The zero-order valence-electron chi connectivity index (χ0n) is 30.5. The van der Waals surface area contributed by atoms with Crippen molar-refractivity contribution in [3.63, 3.8) is 0 Å². The predicted molar refractivity (Wildman–Crippen MR) is 203 cm³/mol. The Labute approximate surface area is 324 Å². The number of amides is 1. The number of nitrogens with one attached hydrogen (secondary N) is 3. The number of imidazole rings is 1. The Hall–Kier alpha value is -4.21. The van der Waals surface area contributed by atoms with Crippen molar-refractivity contribution in [2.75, 3.05) is 44.0 Å². The van der Waals surface area contributed by atoms with E-state index in [-0.39, 0.29) is 23.5 Å². The van der Waals surface area contributed by atoms with Gasteiger partial charge in [-0.2, -0.15) is 23.8 Å². The summed E-state index contributed by atoms with van der Waals surface area (Å²) >= 11 is 0. The van der Waals surface area contributed by atoms with Gasteiger partial charge in [-0.25, -0.2) is 23.5 Å². The van der Waals surface area contributed by atoms with Crippen LogP contribution < -0.4 is 21.2 Å². The van der Waals surface area contributed by atoms with Gasteiger partial charge < -0.3 is 45.0 Å². The number of hydrogen-bond donors (Lipinski definition) is 8. The normalized spacial score (nSPS) is 19.4. The molecular weight excluding hydrogens is 815 g/mol. The Bertz CT molecular complexity index is 2230. The fourth-order valence-corrected chi connectivity index (χ4v) is 8.54. The maximum Gasteiger partial charge on any atom is 0.490 e. The van der Waals surface area contributed by atoms with Gasteiger partial charge in [0.2, 0.25) is 0 Å². The lowest BCUT2D eigenvalue weighted by Crippen LogP contribution is -2.26. The third-order valence-corrected chi connectivity index (χ3v) is 12.0. The van der Waals surface area contributed by atoms with Gasteiger partial charge in [0.15, 0.2) is 5.65 Å². The number of aromatic nitrogens is 4. The number of benzene rings is 2. The average Bonchev–Trinajstić information content (AvgIpc) is 3.72. The molecule has 2 aromatic carbocycles. The number of carbonyl (C=O) groups excluding carboxylic acids is 1. The van der Waals surface area contributed by atoms with Crippen molar-refractivity contribution < 1.29 is 61.1 Å². The molecule has 23 nitrogen and oxygen atoms in total. The first kappa shape index (κ1) is 43.9. The van der Waals surface area contributed by atoms with Crippen LogP contribution in [0.2, 0.25) is 0 Å². The fraction of sp³-hybridized carbons (Fsp3) is 0.419. The molecule has 5 atom stereocenters. The standard InChI is InChI=1S/C31H42N9O14P3/c1-39(2)23-13-11-22(12-14-23)38-37-21-9-7-20(8-10-21)30(42)33-16-6-4-3-5-15-32-28-27-29(36-31(43)35-28)40(19-34-27)26-17-24(41)25(52-26)18-51-56(47,48)54-57(49,50)53-55(44,45)46/h7-14,19,24-26,41H,3-6,15-18H2,1-2H3,(H,33,42)(H,47,48)(H,49,50)(H2,44,45,46)(H2,32,35,36,43). The summed E-state index contributed by atoms with van der Waals surface area (Å²) in [6.45, 7) is 0.0989. The van der Waals surface area contributed by atoms with Gasteiger partial charge in [-0.05, 0) is 61.4 Å². The van der Waals surface area contributed by atoms with Crippen LogP contribution >= 0.6 is 23.5 Å². The number of unbranched alkanes of at least 4 members (excludes halogenated alkanes) is 3. The van der Waals surface area contributed by atoms with Crippen LogP contribution in [0.1, 0.15) is 48.7 Å². The van der Waals surface area contributed by atoms with Gasteiger partial charge in [0.05, 0.1) is 30.4 Å². The van der Waals surface area contributed by atoms with Gasteiger partial charge in [0, 0.05) is 44.9 Å². The van der Waals surface area contributed by atoms with Crippen molar-refractivity contribution in [1.82, 2.24) is 24.8 Å². The molecule has 0 aliphatic carbocycles. The number of H-pyrrole nitrogens is 1. The molecule has 1 fully saturated rings. The second-order valence-corrected chi connectivity index (χ2v) is 17.2. The Kier molecular flexibility index (Phi) is 14.7. The fourth-order valence-electron chi connectivity index (χ4n) is 5.51. The quantitative estimate of drug-likeness (QED) is 0.0354. The number of ether oxygens (including phenoxy) is 1. The number of nitrogens with zero attached hydrogens (tertiary/aromatic N) is 6. The van der Waals surface area contributed by atoms with E-state index >= 15 is 0 Å². The highest BCUT2D eigenvalue weighted by Crippen LogP contribution is 2.66. The summed E-state index contributed by atoms with van der Waals surface area (Å²) in [5.74, 6) is 0.102. The van der Waals surface area contributed by atoms with E-state index < -0.39 is 54.2 Å². The van der Waals surface area contributed by atoms with Crippen molar-refractivity contribution in [3.05, 3.63) is 70.9 Å². The Morgan fingerprint density at radius 3 is 2.21 bits per heavy atom. The molecule has 5 unspecified atom stereocenters. The third-order valence-electron chi connectivity index (χ3n) is 8.24. The van der Waals surface area contributed by atoms with E-state index in [9.17, 15) is 38.2 Å². The Morgan fingerprint density at radius 1 is 0.947 bits per heavy atom. The highest BCUT2D eigenvalue weighted by atomic mass is 31.3. The van der Waals surface area contributed by atoms with Crippen molar-refractivity contribution >= 4 is 63.4 Å². The van der Waals surface area contributed by atoms with E-state index in [1.165, 1.54) is 10.9 Å². The summed E-state index contributed by atoms with van der Waals surface area (Å²) in [6.07, 6.45) is 0.764. The lowest BCUT2D eigenvalue weighted by atomic mass is 10.1. The van der Waals surface area contributed by atoms with Crippen LogP contribution in [0.3, 0.4) is 0 Å². The maximum atomic E-state index is 12.6. The van der Waals surface area contributed by atoms with E-state index in [0.717, 1.165) is 37.1 Å². The highest BCUT2D eigenvalue weighted by molar-refractivity contribution is 7.66. The second-order valence-electron chi connectivity index (χ2n) is 12.8. The van der Waals surface area contributed by atoms with E-state index in [4.69, 9.17) is 14.5 Å². The first-order chi connectivity index (χ1) is 26.9. The van der Waals surface area contributed by atoms with E-state index in [2.05, 4.69) is 49.0 Å². The van der Waals surface area contributed by atoms with Gasteiger partial charge in [-0.15, -0.1) is 0 Å². The highest BCUT2D eigenvalue weighted by Gasteiger charge is 2.43. The van der Waals surface area contributed by atoms with Crippen molar-refractivity contribution in [2.24, 2.45) is 10.2 Å². The summed E-state index contributed by atoms with van der Waals surface area (Å²) in [5.41, 5.74) is 2.60. The predicted octanol–water partition coefficient (Wildman–Crippen LogP) is 4.00. The third kappa shape index (κ3) is 13.2. The number of phosphoric ester groups is 1. The molecule has 26 heteroatoms. The summed E-state index contributed by atoms with van der Waals surface area (Å²) in [6, 6.07) is 14.5. The van der Waals surface area contributed by atoms with Crippen LogP contribution in [0.15, 0.2) is 69.9 Å². The number of rotatable bonds is 20. The lowest BCUT2D eigenvalue weighted by Gasteiger charge is -2.19. The molecule has 8 N–H and O–H groups in total. The van der Waals surface area contributed by atoms with E-state index in [0.29, 0.717) is 30.2 Å². The monoisotopic (exact) mass is 857 g/mol. The topological polar surface area (TPSA) is 322 Å². The molecule has 0 radical (unpaired) electrons. The summed E-state index contributed by atoms with van der Waals surface area (Å²) in [7, 11) is -12.8. The van der Waals surface area contributed by atoms with Gasteiger partial charge in [-0.1, -0.05) is 12.8 Å². The molecule has 0 spiro atoms. The minimum Gasteiger partial charge on any atom is -0.390 e. The van der Waals surface area contributed by atoms with Crippen LogP contribution in [0.4, 0.5) is 22.9 Å². The Balaban J connectivity index is 1.02. The summed E-state index contributed by atoms with van der Waals surface area (Å²) in [5, 5.41) is 25.0. The molecule has 5 rings (SSSR count). The van der Waals surface area contributed by atoms with Crippen LogP contribution in [-0.2, 0) is 31.6 Å². The molecule has 1 saturated heterocycles. The van der Waals surface area contributed by atoms with Crippen LogP contribution in [0.25, 0.3) is 11.2 Å². The minimum absolute atomic E-state index is 0.104. The van der Waals surface area contributed by atoms with Gasteiger partial charge in [0.25, 0.3) is 5.91 Å². The van der Waals surface area contributed by atoms with Crippen molar-refractivity contribution in [3.8, 4) is 0 Å². The SMILES string of the molecule is CN(C)c1ccc(N=Nc2ccc(C(=O)NCCCCCCNc3[nH]c(=O)nc4c3ncn4C3CC(O)C(COP(=O)(O)OP(=O)(O)OP(=O)(O)O)O3)cc2)cc1. The number of aliphatic hydroxyl groups is 1. The first-order valence-electron chi connectivity index (χ1n) is 17.3. The molecule has 57 heavy (non-hydrogen) atoms. The molecule has 310 valence electrons. The van der Waals surface area contributed by atoms with Crippen molar-refractivity contribution in [1.29, 1.82) is 0 Å². The smallest absolute Gasteiger partial charge is 0.390 e. The molecule has 4 aromatic rings. The van der Waals surface area contributed by atoms with E-state index in [1.54, 1.807) is 24.3 Å². The lowest BCUT2D eigenvalue weighted by molar-refractivity contribution is -0.0423. The number of azo groups is 1. The van der Waals surface area contributed by atoms with Gasteiger partial charge in [-0.3, -0.25) is 18.9 Å². The molecule has 2 aromatic heterocycles.